The van der Waals surface area contributed by atoms with Crippen LogP contribution in [0.15, 0.2) is 29.2 Å². The van der Waals surface area contributed by atoms with Crippen molar-refractivity contribution in [3.8, 4) is 0 Å². The Bertz CT molecular complexity index is 503. The molecule has 0 aromatic heterocycles. The van der Waals surface area contributed by atoms with Crippen LogP contribution >= 0.6 is 23.5 Å². The highest BCUT2D eigenvalue weighted by Gasteiger charge is 2.32. The van der Waals surface area contributed by atoms with Crippen LogP contribution in [-0.4, -0.2) is 67.1 Å². The first-order chi connectivity index (χ1) is 10.8. The number of morpholine rings is 1. The smallest absolute Gasteiger partial charge is 0.233 e. The lowest BCUT2D eigenvalue weighted by Crippen LogP contribution is -2.42. The molecule has 22 heavy (non-hydrogen) atoms. The monoisotopic (exact) mass is 338 g/mol. The molecule has 2 fully saturated rings. The summed E-state index contributed by atoms with van der Waals surface area (Å²) in [5, 5.41) is 0.171. The van der Waals surface area contributed by atoms with Gasteiger partial charge in [0, 0.05) is 31.1 Å². The van der Waals surface area contributed by atoms with E-state index in [9.17, 15) is 4.79 Å². The average molecular weight is 338 g/mol. The van der Waals surface area contributed by atoms with Crippen LogP contribution in [0.25, 0.3) is 0 Å². The third-order valence-electron chi connectivity index (χ3n) is 4.13. The highest BCUT2D eigenvalue weighted by Crippen LogP contribution is 2.38. The Kier molecular flexibility index (Phi) is 5.68. The van der Waals surface area contributed by atoms with Crippen molar-refractivity contribution < 1.29 is 9.53 Å². The second kappa shape index (κ2) is 7.73. The Morgan fingerprint density at radius 1 is 1.23 bits per heavy atom. The Balaban J connectivity index is 1.63. The standard InChI is InChI=1S/C16H22N2O2S2/c1-21-14-4-2-13(3-5-14)16-18(15(19)12-22-16)7-6-17-8-10-20-11-9-17/h2-5,16H,6-12H2,1H3. The maximum atomic E-state index is 12.2. The number of nitrogens with zero attached hydrogens (tertiary/aromatic N) is 2. The van der Waals surface area contributed by atoms with Crippen molar-refractivity contribution in [3.63, 3.8) is 0 Å². The quantitative estimate of drug-likeness (QED) is 0.770. The molecule has 1 unspecified atom stereocenters. The van der Waals surface area contributed by atoms with Gasteiger partial charge in [-0.25, -0.2) is 0 Å². The number of hydrogen-bond acceptors (Lipinski definition) is 5. The number of benzene rings is 1. The highest BCUT2D eigenvalue weighted by atomic mass is 32.2. The SMILES string of the molecule is CSc1ccc(C2SCC(=O)N2CCN2CCOCC2)cc1. The second-order valence-corrected chi connectivity index (χ2v) is 7.43. The molecule has 2 heterocycles. The number of rotatable bonds is 5. The van der Waals surface area contributed by atoms with Gasteiger partial charge < -0.3 is 9.64 Å². The summed E-state index contributed by atoms with van der Waals surface area (Å²) in [4.78, 5) is 17.9. The van der Waals surface area contributed by atoms with Gasteiger partial charge in [-0.1, -0.05) is 12.1 Å². The van der Waals surface area contributed by atoms with Crippen molar-refractivity contribution in [3.05, 3.63) is 29.8 Å². The lowest BCUT2D eigenvalue weighted by Gasteiger charge is -2.30. The zero-order valence-electron chi connectivity index (χ0n) is 12.9. The van der Waals surface area contributed by atoms with Gasteiger partial charge in [0.15, 0.2) is 0 Å². The molecule has 1 aromatic carbocycles. The average Bonchev–Trinajstić information content (AvgIpc) is 2.95. The number of carbonyl (C=O) groups excluding carboxylic acids is 1. The molecule has 2 aliphatic heterocycles. The molecular formula is C16H22N2O2S2. The van der Waals surface area contributed by atoms with E-state index in [2.05, 4.69) is 35.4 Å². The fraction of sp³-hybridized carbons (Fsp3) is 0.562. The minimum absolute atomic E-state index is 0.171. The van der Waals surface area contributed by atoms with Crippen molar-refractivity contribution in [2.45, 2.75) is 10.3 Å². The van der Waals surface area contributed by atoms with E-state index in [0.717, 1.165) is 39.4 Å². The van der Waals surface area contributed by atoms with Gasteiger partial charge in [0.2, 0.25) is 5.91 Å². The zero-order valence-corrected chi connectivity index (χ0v) is 14.5. The molecule has 1 atom stereocenters. The van der Waals surface area contributed by atoms with Gasteiger partial charge in [-0.05, 0) is 24.0 Å². The van der Waals surface area contributed by atoms with Gasteiger partial charge >= 0.3 is 0 Å². The topological polar surface area (TPSA) is 32.8 Å². The van der Waals surface area contributed by atoms with E-state index in [1.54, 1.807) is 23.5 Å². The van der Waals surface area contributed by atoms with Gasteiger partial charge in [-0.2, -0.15) is 0 Å². The lowest BCUT2D eigenvalue weighted by molar-refractivity contribution is -0.128. The normalized spacial score (nSPS) is 23.2. The molecule has 0 aliphatic carbocycles. The van der Waals surface area contributed by atoms with E-state index in [1.165, 1.54) is 10.5 Å². The minimum atomic E-state index is 0.171. The fourth-order valence-corrected chi connectivity index (χ4v) is 4.44. The zero-order chi connectivity index (χ0) is 15.4. The molecule has 0 radical (unpaired) electrons. The lowest BCUT2D eigenvalue weighted by atomic mass is 10.2. The highest BCUT2D eigenvalue weighted by molar-refractivity contribution is 8.00. The molecule has 1 aromatic rings. The summed E-state index contributed by atoms with van der Waals surface area (Å²) in [6.45, 7) is 5.31. The fourth-order valence-electron chi connectivity index (χ4n) is 2.81. The number of hydrogen-bond donors (Lipinski definition) is 0. The van der Waals surface area contributed by atoms with Gasteiger partial charge in [0.05, 0.1) is 19.0 Å². The summed E-state index contributed by atoms with van der Waals surface area (Å²) >= 11 is 3.48. The molecule has 0 bridgehead atoms. The summed E-state index contributed by atoms with van der Waals surface area (Å²) in [5.74, 6) is 0.857. The van der Waals surface area contributed by atoms with Crippen molar-refractivity contribution in [1.82, 2.24) is 9.80 Å². The predicted molar refractivity (Wildman–Crippen MR) is 92.4 cm³/mol. The van der Waals surface area contributed by atoms with E-state index < -0.39 is 0 Å². The van der Waals surface area contributed by atoms with Crippen molar-refractivity contribution in [2.75, 3.05) is 51.4 Å². The maximum Gasteiger partial charge on any atom is 0.233 e. The third kappa shape index (κ3) is 3.79. The molecular weight excluding hydrogens is 316 g/mol. The van der Waals surface area contributed by atoms with E-state index in [0.29, 0.717) is 5.75 Å². The van der Waals surface area contributed by atoms with Gasteiger partial charge in [-0.3, -0.25) is 9.69 Å². The molecule has 4 nitrogen and oxygen atoms in total. The molecule has 0 saturated carbocycles. The first kappa shape index (κ1) is 16.2. The second-order valence-electron chi connectivity index (χ2n) is 5.48. The summed E-state index contributed by atoms with van der Waals surface area (Å²) < 4.78 is 5.38. The Hall–Kier alpha value is -0.690. The maximum absolute atomic E-state index is 12.2. The largest absolute Gasteiger partial charge is 0.379 e. The first-order valence-corrected chi connectivity index (χ1v) is 9.90. The predicted octanol–water partition coefficient (Wildman–Crippen LogP) is 2.31. The first-order valence-electron chi connectivity index (χ1n) is 7.63. The van der Waals surface area contributed by atoms with Crippen LogP contribution in [0, 0.1) is 0 Å². The van der Waals surface area contributed by atoms with Crippen LogP contribution in [-0.2, 0) is 9.53 Å². The van der Waals surface area contributed by atoms with E-state index in [1.807, 2.05) is 4.90 Å². The van der Waals surface area contributed by atoms with Crippen LogP contribution in [0.2, 0.25) is 0 Å². The van der Waals surface area contributed by atoms with Crippen LogP contribution in [0.4, 0.5) is 0 Å². The Labute approximate surface area is 140 Å². The number of ether oxygens (including phenoxy) is 1. The van der Waals surface area contributed by atoms with Gasteiger partial charge in [0.1, 0.15) is 5.37 Å². The van der Waals surface area contributed by atoms with Crippen LogP contribution in [0.5, 0.6) is 0 Å². The molecule has 0 N–H and O–H groups in total. The molecule has 2 aliphatic rings. The Morgan fingerprint density at radius 2 is 1.95 bits per heavy atom. The molecule has 1 amide bonds. The van der Waals surface area contributed by atoms with Crippen molar-refractivity contribution in [2.24, 2.45) is 0 Å². The molecule has 6 heteroatoms. The van der Waals surface area contributed by atoms with Gasteiger partial charge in [0.25, 0.3) is 0 Å². The van der Waals surface area contributed by atoms with Gasteiger partial charge in [-0.15, -0.1) is 23.5 Å². The van der Waals surface area contributed by atoms with Crippen LogP contribution < -0.4 is 0 Å². The van der Waals surface area contributed by atoms with E-state index in [-0.39, 0.29) is 11.3 Å². The number of carbonyl (C=O) groups is 1. The minimum Gasteiger partial charge on any atom is -0.379 e. The third-order valence-corrected chi connectivity index (χ3v) is 6.13. The summed E-state index contributed by atoms with van der Waals surface area (Å²) in [7, 11) is 0. The summed E-state index contributed by atoms with van der Waals surface area (Å²) in [6, 6.07) is 8.60. The van der Waals surface area contributed by atoms with Crippen LogP contribution in [0.3, 0.4) is 0 Å². The number of thioether (sulfide) groups is 2. The van der Waals surface area contributed by atoms with Crippen molar-refractivity contribution in [1.29, 1.82) is 0 Å². The Morgan fingerprint density at radius 3 is 2.64 bits per heavy atom. The van der Waals surface area contributed by atoms with Crippen LogP contribution in [0.1, 0.15) is 10.9 Å². The molecule has 3 rings (SSSR count). The summed E-state index contributed by atoms with van der Waals surface area (Å²) in [5.41, 5.74) is 1.23. The summed E-state index contributed by atoms with van der Waals surface area (Å²) in [6.07, 6.45) is 2.08. The molecule has 120 valence electrons. The number of amides is 1. The molecule has 2 saturated heterocycles. The van der Waals surface area contributed by atoms with E-state index in [4.69, 9.17) is 4.74 Å². The van der Waals surface area contributed by atoms with E-state index >= 15 is 0 Å². The molecule has 0 spiro atoms. The van der Waals surface area contributed by atoms with Crippen molar-refractivity contribution >= 4 is 29.4 Å².